The second kappa shape index (κ2) is 8.13. The maximum atomic E-state index is 11.4. The SMILES string of the molecule is CCOC(=O)CC(=O)NCc1ccc(OCC)cc1. The molecular formula is C14H19NO4. The lowest BCUT2D eigenvalue weighted by atomic mass is 10.2. The fourth-order valence-corrected chi connectivity index (χ4v) is 1.48. The molecule has 0 aromatic heterocycles. The van der Waals surface area contributed by atoms with Gasteiger partial charge >= 0.3 is 5.97 Å². The fraction of sp³-hybridized carbons (Fsp3) is 0.429. The van der Waals surface area contributed by atoms with Crippen molar-refractivity contribution in [3.8, 4) is 5.75 Å². The van der Waals surface area contributed by atoms with Crippen molar-refractivity contribution in [1.82, 2.24) is 5.32 Å². The molecule has 19 heavy (non-hydrogen) atoms. The van der Waals surface area contributed by atoms with E-state index in [1.165, 1.54) is 0 Å². The zero-order chi connectivity index (χ0) is 14.1. The summed E-state index contributed by atoms with van der Waals surface area (Å²) >= 11 is 0. The van der Waals surface area contributed by atoms with E-state index in [1.807, 2.05) is 31.2 Å². The minimum Gasteiger partial charge on any atom is -0.494 e. The standard InChI is InChI=1S/C14H19NO4/c1-3-18-12-7-5-11(6-8-12)10-15-13(16)9-14(17)19-4-2/h5-8H,3-4,9-10H2,1-2H3,(H,15,16). The number of esters is 1. The number of nitrogens with one attached hydrogen (secondary N) is 1. The summed E-state index contributed by atoms with van der Waals surface area (Å²) in [5.41, 5.74) is 0.945. The number of amides is 1. The van der Waals surface area contributed by atoms with Crippen molar-refractivity contribution in [3.63, 3.8) is 0 Å². The zero-order valence-corrected chi connectivity index (χ0v) is 11.3. The molecule has 5 heteroatoms. The Balaban J connectivity index is 2.35. The minimum atomic E-state index is -0.508. The molecule has 5 nitrogen and oxygen atoms in total. The molecule has 0 saturated carbocycles. The maximum absolute atomic E-state index is 11.4. The molecule has 104 valence electrons. The van der Waals surface area contributed by atoms with Gasteiger partial charge in [-0.25, -0.2) is 0 Å². The van der Waals surface area contributed by atoms with Crippen LogP contribution in [0.5, 0.6) is 5.75 Å². The molecule has 1 rings (SSSR count). The van der Waals surface area contributed by atoms with Gasteiger partial charge in [0.05, 0.1) is 13.2 Å². The summed E-state index contributed by atoms with van der Waals surface area (Å²) in [7, 11) is 0. The van der Waals surface area contributed by atoms with Crippen molar-refractivity contribution >= 4 is 11.9 Å². The lowest BCUT2D eigenvalue weighted by Gasteiger charge is -2.07. The summed E-state index contributed by atoms with van der Waals surface area (Å²) in [4.78, 5) is 22.5. The number of rotatable bonds is 7. The normalized spacial score (nSPS) is 9.79. The minimum absolute atomic E-state index is 0.245. The lowest BCUT2D eigenvalue weighted by Crippen LogP contribution is -2.26. The van der Waals surface area contributed by atoms with E-state index in [0.717, 1.165) is 11.3 Å². The van der Waals surface area contributed by atoms with Crippen LogP contribution in [0.15, 0.2) is 24.3 Å². The summed E-state index contributed by atoms with van der Waals surface area (Å²) < 4.78 is 10.0. The number of carbonyl (C=O) groups excluding carboxylic acids is 2. The molecule has 0 bridgehead atoms. The molecule has 1 aromatic rings. The Morgan fingerprint density at radius 2 is 1.79 bits per heavy atom. The highest BCUT2D eigenvalue weighted by atomic mass is 16.5. The van der Waals surface area contributed by atoms with Crippen molar-refractivity contribution in [1.29, 1.82) is 0 Å². The molecule has 0 heterocycles. The quantitative estimate of drug-likeness (QED) is 0.601. The molecular weight excluding hydrogens is 246 g/mol. The zero-order valence-electron chi connectivity index (χ0n) is 11.3. The number of hydrogen-bond donors (Lipinski definition) is 1. The second-order valence-electron chi connectivity index (χ2n) is 3.84. The van der Waals surface area contributed by atoms with Crippen LogP contribution in [0.25, 0.3) is 0 Å². The van der Waals surface area contributed by atoms with Crippen molar-refractivity contribution in [2.24, 2.45) is 0 Å². The number of ether oxygens (including phenoxy) is 2. The fourth-order valence-electron chi connectivity index (χ4n) is 1.48. The molecule has 0 aliphatic carbocycles. The van der Waals surface area contributed by atoms with E-state index in [4.69, 9.17) is 9.47 Å². The Hall–Kier alpha value is -2.04. The molecule has 0 atom stereocenters. The number of hydrogen-bond acceptors (Lipinski definition) is 4. The van der Waals surface area contributed by atoms with E-state index in [0.29, 0.717) is 13.2 Å². The second-order valence-corrected chi connectivity index (χ2v) is 3.84. The molecule has 1 N–H and O–H groups in total. The van der Waals surface area contributed by atoms with Crippen LogP contribution in [-0.2, 0) is 20.9 Å². The van der Waals surface area contributed by atoms with E-state index in [2.05, 4.69) is 5.32 Å². The Bertz CT molecular complexity index is 414. The van der Waals surface area contributed by atoms with Gasteiger partial charge in [-0.3, -0.25) is 9.59 Å². The van der Waals surface area contributed by atoms with Crippen LogP contribution in [0, 0.1) is 0 Å². The van der Waals surface area contributed by atoms with Crippen molar-refractivity contribution in [2.45, 2.75) is 26.8 Å². The first kappa shape index (κ1) is 15.0. The lowest BCUT2D eigenvalue weighted by molar-refractivity contribution is -0.146. The third-order valence-corrected chi connectivity index (χ3v) is 2.33. The van der Waals surface area contributed by atoms with E-state index < -0.39 is 5.97 Å². The first-order valence-corrected chi connectivity index (χ1v) is 6.29. The topological polar surface area (TPSA) is 64.6 Å². The van der Waals surface area contributed by atoms with Gasteiger partial charge in [-0.1, -0.05) is 12.1 Å². The number of carbonyl (C=O) groups is 2. The first-order chi connectivity index (χ1) is 9.15. The molecule has 1 aromatic carbocycles. The molecule has 0 fully saturated rings. The monoisotopic (exact) mass is 265 g/mol. The van der Waals surface area contributed by atoms with Crippen LogP contribution in [0.1, 0.15) is 25.8 Å². The van der Waals surface area contributed by atoms with E-state index in [9.17, 15) is 9.59 Å². The summed E-state index contributed by atoms with van der Waals surface area (Å²) in [6.45, 7) is 4.91. The van der Waals surface area contributed by atoms with E-state index >= 15 is 0 Å². The van der Waals surface area contributed by atoms with Gasteiger partial charge in [-0.15, -0.1) is 0 Å². The van der Waals surface area contributed by atoms with Gasteiger partial charge in [0.25, 0.3) is 0 Å². The van der Waals surface area contributed by atoms with Gasteiger partial charge in [0.2, 0.25) is 5.91 Å². The third kappa shape index (κ3) is 5.90. The summed E-state index contributed by atoms with van der Waals surface area (Å²) in [5.74, 6) is -0.0527. The smallest absolute Gasteiger partial charge is 0.315 e. The third-order valence-electron chi connectivity index (χ3n) is 2.33. The van der Waals surface area contributed by atoms with Crippen molar-refractivity contribution in [2.75, 3.05) is 13.2 Å². The molecule has 0 radical (unpaired) electrons. The molecule has 0 aliphatic heterocycles. The van der Waals surface area contributed by atoms with Crippen LogP contribution in [0.2, 0.25) is 0 Å². The average Bonchev–Trinajstić information content (AvgIpc) is 2.38. The summed E-state index contributed by atoms with van der Waals surface area (Å²) in [6, 6.07) is 7.43. The van der Waals surface area contributed by atoms with Gasteiger partial charge in [0.1, 0.15) is 12.2 Å². The van der Waals surface area contributed by atoms with Crippen LogP contribution in [0.3, 0.4) is 0 Å². The van der Waals surface area contributed by atoms with Gasteiger partial charge in [0.15, 0.2) is 0 Å². The van der Waals surface area contributed by atoms with E-state index in [-0.39, 0.29) is 18.9 Å². The predicted molar refractivity (Wildman–Crippen MR) is 70.7 cm³/mol. The Morgan fingerprint density at radius 1 is 1.11 bits per heavy atom. The van der Waals surface area contributed by atoms with Gasteiger partial charge < -0.3 is 14.8 Å². The molecule has 1 amide bonds. The number of benzene rings is 1. The first-order valence-electron chi connectivity index (χ1n) is 6.29. The summed E-state index contributed by atoms with van der Waals surface area (Å²) in [6.07, 6.45) is -0.245. The van der Waals surface area contributed by atoms with E-state index in [1.54, 1.807) is 6.92 Å². The predicted octanol–water partition coefficient (Wildman–Crippen LogP) is 1.65. The van der Waals surface area contributed by atoms with Crippen molar-refractivity contribution in [3.05, 3.63) is 29.8 Å². The van der Waals surface area contributed by atoms with Crippen LogP contribution in [0.4, 0.5) is 0 Å². The molecule has 0 saturated heterocycles. The van der Waals surface area contributed by atoms with Gasteiger partial charge in [-0.05, 0) is 31.5 Å². The molecule has 0 unspecified atom stereocenters. The Labute approximate surface area is 112 Å². The van der Waals surface area contributed by atoms with Gasteiger partial charge in [0, 0.05) is 6.54 Å². The van der Waals surface area contributed by atoms with Gasteiger partial charge in [-0.2, -0.15) is 0 Å². The van der Waals surface area contributed by atoms with Crippen LogP contribution < -0.4 is 10.1 Å². The molecule has 0 spiro atoms. The Morgan fingerprint density at radius 3 is 2.37 bits per heavy atom. The largest absolute Gasteiger partial charge is 0.494 e. The summed E-state index contributed by atoms with van der Waals surface area (Å²) in [5, 5.41) is 2.66. The molecule has 0 aliphatic rings. The van der Waals surface area contributed by atoms with Crippen molar-refractivity contribution < 1.29 is 19.1 Å². The maximum Gasteiger partial charge on any atom is 0.315 e. The highest BCUT2D eigenvalue weighted by Gasteiger charge is 2.09. The van der Waals surface area contributed by atoms with Crippen LogP contribution >= 0.6 is 0 Å². The highest BCUT2D eigenvalue weighted by molar-refractivity contribution is 5.94. The Kier molecular flexibility index (Phi) is 6.43. The average molecular weight is 265 g/mol. The van der Waals surface area contributed by atoms with Crippen LogP contribution in [-0.4, -0.2) is 25.1 Å². The highest BCUT2D eigenvalue weighted by Crippen LogP contribution is 2.11.